The summed E-state index contributed by atoms with van der Waals surface area (Å²) in [5.74, 6) is 0.0335. The Kier molecular flexibility index (Phi) is 3.53. The van der Waals surface area contributed by atoms with Gasteiger partial charge in [0, 0.05) is 11.8 Å². The molecule has 0 aliphatic heterocycles. The first-order chi connectivity index (χ1) is 10.6. The van der Waals surface area contributed by atoms with E-state index < -0.39 is 6.03 Å². The van der Waals surface area contributed by atoms with Crippen LogP contribution in [0.2, 0.25) is 0 Å². The number of urea groups is 1. The predicted octanol–water partition coefficient (Wildman–Crippen LogP) is 2.56. The lowest BCUT2D eigenvalue weighted by Gasteiger charge is -2.09. The lowest BCUT2D eigenvalue weighted by Crippen LogP contribution is -2.19. The Morgan fingerprint density at radius 3 is 2.64 bits per heavy atom. The first-order valence-corrected chi connectivity index (χ1v) is 6.46. The van der Waals surface area contributed by atoms with Crippen molar-refractivity contribution in [1.82, 2.24) is 14.8 Å². The fraction of sp³-hybridized carbons (Fsp3) is 0. The van der Waals surface area contributed by atoms with E-state index >= 15 is 0 Å². The molecule has 0 unspecified atom stereocenters. The van der Waals surface area contributed by atoms with Crippen LogP contribution in [0.5, 0.6) is 0 Å². The van der Waals surface area contributed by atoms with Gasteiger partial charge >= 0.3 is 6.03 Å². The maximum Gasteiger partial charge on any atom is 0.317 e. The summed E-state index contributed by atoms with van der Waals surface area (Å²) >= 11 is 0. The van der Waals surface area contributed by atoms with Gasteiger partial charge in [-0.05, 0) is 42.5 Å². The Morgan fingerprint density at radius 1 is 1.14 bits per heavy atom. The van der Waals surface area contributed by atoms with Crippen LogP contribution in [0.15, 0.2) is 54.9 Å². The number of primary amides is 1. The van der Waals surface area contributed by atoms with Crippen molar-refractivity contribution < 1.29 is 9.18 Å². The zero-order valence-corrected chi connectivity index (χ0v) is 11.4. The van der Waals surface area contributed by atoms with Crippen molar-refractivity contribution in [1.29, 1.82) is 0 Å². The molecular formula is C15H12FN5O. The maximum absolute atomic E-state index is 13.0. The average molecular weight is 297 g/mol. The molecule has 1 aromatic carbocycles. The molecular weight excluding hydrogens is 285 g/mol. The molecule has 0 fully saturated rings. The number of halogens is 1. The van der Waals surface area contributed by atoms with Gasteiger partial charge in [-0.25, -0.2) is 18.9 Å². The van der Waals surface area contributed by atoms with E-state index in [9.17, 15) is 9.18 Å². The Bertz CT molecular complexity index is 813. The SMILES string of the molecule is NC(=O)Nc1cc(-c2ccnn2-c2ccc(F)cc2)ccn1. The molecule has 7 heteroatoms. The third kappa shape index (κ3) is 2.78. The summed E-state index contributed by atoms with van der Waals surface area (Å²) in [6, 6.07) is 10.6. The van der Waals surface area contributed by atoms with Crippen molar-refractivity contribution in [2.24, 2.45) is 5.73 Å². The van der Waals surface area contributed by atoms with Crippen molar-refractivity contribution >= 4 is 11.8 Å². The summed E-state index contributed by atoms with van der Waals surface area (Å²) in [4.78, 5) is 14.9. The maximum atomic E-state index is 13.0. The monoisotopic (exact) mass is 297 g/mol. The minimum absolute atomic E-state index is 0.311. The highest BCUT2D eigenvalue weighted by atomic mass is 19.1. The molecule has 110 valence electrons. The van der Waals surface area contributed by atoms with Crippen LogP contribution in [-0.2, 0) is 0 Å². The second kappa shape index (κ2) is 5.65. The lowest BCUT2D eigenvalue weighted by molar-refractivity contribution is 0.259. The topological polar surface area (TPSA) is 85.8 Å². The van der Waals surface area contributed by atoms with Crippen LogP contribution < -0.4 is 11.1 Å². The summed E-state index contributed by atoms with van der Waals surface area (Å²) < 4.78 is 14.7. The number of rotatable bonds is 3. The molecule has 3 rings (SSSR count). The number of anilines is 1. The molecule has 0 aliphatic rings. The molecule has 2 amide bonds. The third-order valence-electron chi connectivity index (χ3n) is 3.02. The highest BCUT2D eigenvalue weighted by Crippen LogP contribution is 2.23. The van der Waals surface area contributed by atoms with Crippen molar-refractivity contribution in [2.75, 3.05) is 5.32 Å². The number of aromatic nitrogens is 3. The smallest absolute Gasteiger partial charge is 0.317 e. The first-order valence-electron chi connectivity index (χ1n) is 6.46. The molecule has 0 spiro atoms. The van der Waals surface area contributed by atoms with Gasteiger partial charge in [0.05, 0.1) is 17.6 Å². The molecule has 0 saturated heterocycles. The normalized spacial score (nSPS) is 10.4. The lowest BCUT2D eigenvalue weighted by atomic mass is 10.2. The molecule has 0 bridgehead atoms. The molecule has 0 atom stereocenters. The number of pyridine rings is 1. The van der Waals surface area contributed by atoms with Gasteiger partial charge in [0.2, 0.25) is 0 Å². The number of nitrogens with one attached hydrogen (secondary N) is 1. The van der Waals surface area contributed by atoms with Gasteiger partial charge in [-0.2, -0.15) is 5.10 Å². The zero-order chi connectivity index (χ0) is 15.5. The number of amides is 2. The molecule has 0 saturated carbocycles. The number of benzene rings is 1. The van der Waals surface area contributed by atoms with E-state index in [1.165, 1.54) is 12.1 Å². The molecule has 22 heavy (non-hydrogen) atoms. The van der Waals surface area contributed by atoms with Crippen LogP contribution in [-0.4, -0.2) is 20.8 Å². The summed E-state index contributed by atoms with van der Waals surface area (Å²) in [6.45, 7) is 0. The van der Waals surface area contributed by atoms with Gasteiger partial charge in [-0.15, -0.1) is 0 Å². The first kappa shape index (κ1) is 13.7. The standard InChI is InChI=1S/C15H12FN5O/c16-11-1-3-12(4-2-11)21-13(6-8-19-21)10-5-7-18-14(9-10)20-15(17)22/h1-9H,(H3,17,18,20,22). The van der Waals surface area contributed by atoms with Crippen LogP contribution in [0.4, 0.5) is 15.0 Å². The van der Waals surface area contributed by atoms with Gasteiger partial charge < -0.3 is 5.73 Å². The Balaban J connectivity index is 2.01. The Labute approximate surface area is 125 Å². The summed E-state index contributed by atoms with van der Waals surface area (Å²) in [7, 11) is 0. The largest absolute Gasteiger partial charge is 0.351 e. The molecule has 0 radical (unpaired) electrons. The zero-order valence-electron chi connectivity index (χ0n) is 11.4. The second-order valence-electron chi connectivity index (χ2n) is 4.52. The van der Waals surface area contributed by atoms with Crippen LogP contribution in [0.25, 0.3) is 16.9 Å². The number of nitrogens with two attached hydrogens (primary N) is 1. The summed E-state index contributed by atoms with van der Waals surface area (Å²) in [6.07, 6.45) is 3.20. The molecule has 3 N–H and O–H groups in total. The molecule has 0 aliphatic carbocycles. The van der Waals surface area contributed by atoms with E-state index in [1.807, 2.05) is 6.07 Å². The number of hydrogen-bond acceptors (Lipinski definition) is 3. The fourth-order valence-corrected chi connectivity index (χ4v) is 2.09. The van der Waals surface area contributed by atoms with Gasteiger partial charge in [0.1, 0.15) is 11.6 Å². The van der Waals surface area contributed by atoms with E-state index in [2.05, 4.69) is 15.4 Å². The van der Waals surface area contributed by atoms with E-state index in [0.29, 0.717) is 5.82 Å². The highest BCUT2D eigenvalue weighted by Gasteiger charge is 2.09. The third-order valence-corrected chi connectivity index (χ3v) is 3.02. The summed E-state index contributed by atoms with van der Waals surface area (Å²) in [5, 5.41) is 6.67. The fourth-order valence-electron chi connectivity index (χ4n) is 2.09. The molecule has 2 heterocycles. The average Bonchev–Trinajstić information content (AvgIpc) is 2.97. The van der Waals surface area contributed by atoms with Gasteiger partial charge in [-0.3, -0.25) is 5.32 Å². The van der Waals surface area contributed by atoms with Crippen molar-refractivity contribution in [3.05, 3.63) is 60.7 Å². The number of carbonyl (C=O) groups is 1. The predicted molar refractivity (Wildman–Crippen MR) is 80.0 cm³/mol. The van der Waals surface area contributed by atoms with E-state index in [1.54, 1.807) is 41.3 Å². The highest BCUT2D eigenvalue weighted by molar-refractivity contribution is 5.87. The minimum Gasteiger partial charge on any atom is -0.351 e. The summed E-state index contributed by atoms with van der Waals surface area (Å²) in [5.41, 5.74) is 7.38. The van der Waals surface area contributed by atoms with E-state index in [-0.39, 0.29) is 5.82 Å². The molecule has 2 aromatic heterocycles. The van der Waals surface area contributed by atoms with Crippen molar-refractivity contribution in [2.45, 2.75) is 0 Å². The Morgan fingerprint density at radius 2 is 1.91 bits per heavy atom. The molecule has 3 aromatic rings. The Hall–Kier alpha value is -3.22. The number of hydrogen-bond donors (Lipinski definition) is 2. The van der Waals surface area contributed by atoms with Gasteiger partial charge in [0.25, 0.3) is 0 Å². The van der Waals surface area contributed by atoms with Crippen LogP contribution in [0.3, 0.4) is 0 Å². The minimum atomic E-state index is -0.684. The van der Waals surface area contributed by atoms with Crippen LogP contribution >= 0.6 is 0 Å². The van der Waals surface area contributed by atoms with Crippen LogP contribution in [0.1, 0.15) is 0 Å². The van der Waals surface area contributed by atoms with Gasteiger partial charge in [0.15, 0.2) is 0 Å². The number of carbonyl (C=O) groups excluding carboxylic acids is 1. The van der Waals surface area contributed by atoms with E-state index in [0.717, 1.165) is 16.9 Å². The second-order valence-corrected chi connectivity index (χ2v) is 4.52. The van der Waals surface area contributed by atoms with Gasteiger partial charge in [-0.1, -0.05) is 0 Å². The number of nitrogens with zero attached hydrogens (tertiary/aromatic N) is 3. The van der Waals surface area contributed by atoms with Crippen molar-refractivity contribution in [3.8, 4) is 16.9 Å². The van der Waals surface area contributed by atoms with Crippen molar-refractivity contribution in [3.63, 3.8) is 0 Å². The molecule has 6 nitrogen and oxygen atoms in total. The van der Waals surface area contributed by atoms with E-state index in [4.69, 9.17) is 5.73 Å². The quantitative estimate of drug-likeness (QED) is 0.779. The van der Waals surface area contributed by atoms with Crippen LogP contribution in [0, 0.1) is 5.82 Å².